The highest BCUT2D eigenvalue weighted by atomic mass is 32.2. The summed E-state index contributed by atoms with van der Waals surface area (Å²) >= 11 is 1.52. The van der Waals surface area contributed by atoms with Crippen LogP contribution >= 0.6 is 11.8 Å². The molecule has 86 valence electrons. The van der Waals surface area contributed by atoms with Crippen molar-refractivity contribution >= 4 is 23.8 Å². The smallest absolute Gasteiger partial charge is 0.321 e. The van der Waals surface area contributed by atoms with Gasteiger partial charge in [0, 0.05) is 11.5 Å². The minimum Gasteiger partial charge on any atom is -0.480 e. The van der Waals surface area contributed by atoms with Crippen LogP contribution in [0.15, 0.2) is 36.4 Å². The van der Waals surface area contributed by atoms with Crippen LogP contribution in [0.4, 0.5) is 0 Å². The van der Waals surface area contributed by atoms with Crippen molar-refractivity contribution in [1.82, 2.24) is 0 Å². The number of hydrogen-bond acceptors (Lipinski definition) is 3. The Labute approximate surface area is 99.4 Å². The second-order valence-corrected chi connectivity index (χ2v) is 4.37. The molecule has 1 atom stereocenters. The third-order valence-corrected chi connectivity index (χ3v) is 2.96. The Balaban J connectivity index is 2.21. The van der Waals surface area contributed by atoms with E-state index >= 15 is 0 Å². The lowest BCUT2D eigenvalue weighted by atomic mass is 10.2. The van der Waals surface area contributed by atoms with E-state index in [9.17, 15) is 4.79 Å². The third kappa shape index (κ3) is 5.00. The molecule has 0 aliphatic heterocycles. The van der Waals surface area contributed by atoms with Gasteiger partial charge in [0.25, 0.3) is 0 Å². The van der Waals surface area contributed by atoms with Crippen LogP contribution < -0.4 is 5.73 Å². The van der Waals surface area contributed by atoms with Crippen molar-refractivity contribution in [2.24, 2.45) is 5.73 Å². The van der Waals surface area contributed by atoms with Crippen molar-refractivity contribution in [1.29, 1.82) is 0 Å². The second kappa shape index (κ2) is 7.09. The van der Waals surface area contributed by atoms with E-state index in [0.717, 1.165) is 11.3 Å². The fourth-order valence-electron chi connectivity index (χ4n) is 1.08. The van der Waals surface area contributed by atoms with E-state index in [1.165, 1.54) is 11.8 Å². The molecule has 0 aliphatic carbocycles. The third-order valence-electron chi connectivity index (χ3n) is 1.94. The predicted octanol–water partition coefficient (Wildman–Crippen LogP) is 1.84. The molecule has 0 bridgehead atoms. The molecule has 0 aliphatic rings. The lowest BCUT2D eigenvalue weighted by Gasteiger charge is -2.03. The number of carboxylic acid groups (broad SMARTS) is 1. The summed E-state index contributed by atoms with van der Waals surface area (Å²) in [7, 11) is 0. The number of thioether (sulfide) groups is 1. The molecule has 0 amide bonds. The van der Waals surface area contributed by atoms with Gasteiger partial charge in [-0.2, -0.15) is 11.8 Å². The van der Waals surface area contributed by atoms with E-state index in [1.54, 1.807) is 0 Å². The van der Waals surface area contributed by atoms with Crippen molar-refractivity contribution in [3.05, 3.63) is 42.0 Å². The molecule has 3 N–H and O–H groups in total. The van der Waals surface area contributed by atoms with Crippen molar-refractivity contribution in [2.45, 2.75) is 6.04 Å². The first-order valence-electron chi connectivity index (χ1n) is 4.98. The Kier molecular flexibility index (Phi) is 5.67. The Bertz CT molecular complexity index is 351. The van der Waals surface area contributed by atoms with Crippen LogP contribution in [0.2, 0.25) is 0 Å². The van der Waals surface area contributed by atoms with Gasteiger partial charge >= 0.3 is 5.97 Å². The average Bonchev–Trinajstić information content (AvgIpc) is 2.29. The SMILES string of the molecule is NC(CSC/C=C/c1ccccc1)C(=O)O. The summed E-state index contributed by atoms with van der Waals surface area (Å²) in [6, 6.07) is 9.20. The molecular weight excluding hydrogens is 222 g/mol. The van der Waals surface area contributed by atoms with Crippen LogP contribution in [0.1, 0.15) is 5.56 Å². The summed E-state index contributed by atoms with van der Waals surface area (Å²) in [5.41, 5.74) is 6.51. The summed E-state index contributed by atoms with van der Waals surface area (Å²) in [4.78, 5) is 10.4. The molecule has 16 heavy (non-hydrogen) atoms. The van der Waals surface area contributed by atoms with Crippen molar-refractivity contribution in [3.63, 3.8) is 0 Å². The summed E-state index contributed by atoms with van der Waals surface area (Å²) in [6.07, 6.45) is 4.02. The highest BCUT2D eigenvalue weighted by Crippen LogP contribution is 2.05. The van der Waals surface area contributed by atoms with Gasteiger partial charge < -0.3 is 10.8 Å². The molecule has 4 heteroatoms. The van der Waals surface area contributed by atoms with Gasteiger partial charge in [-0.15, -0.1) is 0 Å². The first-order chi connectivity index (χ1) is 7.70. The van der Waals surface area contributed by atoms with Crippen molar-refractivity contribution in [3.8, 4) is 0 Å². The molecule has 1 rings (SSSR count). The monoisotopic (exact) mass is 237 g/mol. The van der Waals surface area contributed by atoms with E-state index in [0.29, 0.717) is 5.75 Å². The van der Waals surface area contributed by atoms with E-state index in [1.807, 2.05) is 42.5 Å². The number of hydrogen-bond donors (Lipinski definition) is 2. The molecule has 1 unspecified atom stereocenters. The molecule has 0 radical (unpaired) electrons. The van der Waals surface area contributed by atoms with Crippen LogP contribution in [0.5, 0.6) is 0 Å². The number of benzene rings is 1. The normalized spacial score (nSPS) is 12.8. The molecule has 0 heterocycles. The Hall–Kier alpha value is -1.26. The number of carbonyl (C=O) groups is 1. The van der Waals surface area contributed by atoms with Crippen molar-refractivity contribution in [2.75, 3.05) is 11.5 Å². The average molecular weight is 237 g/mol. The minimum atomic E-state index is -0.945. The van der Waals surface area contributed by atoms with E-state index in [-0.39, 0.29) is 0 Å². The zero-order valence-electron chi connectivity index (χ0n) is 8.87. The largest absolute Gasteiger partial charge is 0.480 e. The van der Waals surface area contributed by atoms with Gasteiger partial charge in [0.05, 0.1) is 0 Å². The standard InChI is InChI=1S/C12H15NO2S/c13-11(12(14)15)9-16-8-4-7-10-5-2-1-3-6-10/h1-7,11H,8-9,13H2,(H,14,15)/b7-4+. The molecule has 0 fully saturated rings. The van der Waals surface area contributed by atoms with Gasteiger partial charge in [0.1, 0.15) is 6.04 Å². The number of aliphatic carboxylic acids is 1. The maximum atomic E-state index is 10.4. The quantitative estimate of drug-likeness (QED) is 0.741. The lowest BCUT2D eigenvalue weighted by Crippen LogP contribution is -2.32. The Morgan fingerprint density at radius 1 is 1.44 bits per heavy atom. The van der Waals surface area contributed by atoms with E-state index < -0.39 is 12.0 Å². The molecule has 0 spiro atoms. The fourth-order valence-corrected chi connectivity index (χ4v) is 1.85. The van der Waals surface area contributed by atoms with Crippen LogP contribution in [0, 0.1) is 0 Å². The van der Waals surface area contributed by atoms with Crippen molar-refractivity contribution < 1.29 is 9.90 Å². The molecular formula is C12H15NO2S. The summed E-state index contributed by atoms with van der Waals surface area (Å²) in [5.74, 6) is 0.268. The second-order valence-electron chi connectivity index (χ2n) is 3.30. The Morgan fingerprint density at radius 2 is 2.12 bits per heavy atom. The molecule has 0 saturated carbocycles. The first kappa shape index (κ1) is 12.8. The van der Waals surface area contributed by atoms with Gasteiger partial charge in [0.2, 0.25) is 0 Å². The van der Waals surface area contributed by atoms with Gasteiger partial charge in [-0.25, -0.2) is 0 Å². The number of carboxylic acids is 1. The molecule has 0 aromatic heterocycles. The summed E-state index contributed by atoms with van der Waals surface area (Å²) in [6.45, 7) is 0. The van der Waals surface area contributed by atoms with Gasteiger partial charge in [0.15, 0.2) is 0 Å². The van der Waals surface area contributed by atoms with Crippen LogP contribution in [-0.2, 0) is 4.79 Å². The summed E-state index contributed by atoms with van der Waals surface area (Å²) < 4.78 is 0. The summed E-state index contributed by atoms with van der Waals surface area (Å²) in [5, 5.41) is 8.56. The van der Waals surface area contributed by atoms with Crippen LogP contribution in [-0.4, -0.2) is 28.6 Å². The molecule has 1 aromatic rings. The fraction of sp³-hybridized carbons (Fsp3) is 0.250. The Morgan fingerprint density at radius 3 is 2.75 bits per heavy atom. The lowest BCUT2D eigenvalue weighted by molar-refractivity contribution is -0.137. The maximum Gasteiger partial charge on any atom is 0.321 e. The molecule has 0 saturated heterocycles. The van der Waals surface area contributed by atoms with Gasteiger partial charge in [-0.1, -0.05) is 42.5 Å². The van der Waals surface area contributed by atoms with Crippen LogP contribution in [0.3, 0.4) is 0 Å². The zero-order valence-corrected chi connectivity index (χ0v) is 9.69. The number of nitrogens with two attached hydrogens (primary N) is 1. The molecule has 3 nitrogen and oxygen atoms in total. The maximum absolute atomic E-state index is 10.4. The predicted molar refractivity (Wildman–Crippen MR) is 68.4 cm³/mol. The van der Waals surface area contributed by atoms with E-state index in [2.05, 4.69) is 0 Å². The van der Waals surface area contributed by atoms with Gasteiger partial charge in [-0.3, -0.25) is 4.79 Å². The minimum absolute atomic E-state index is 0.439. The van der Waals surface area contributed by atoms with Gasteiger partial charge in [-0.05, 0) is 5.56 Å². The first-order valence-corrected chi connectivity index (χ1v) is 6.13. The van der Waals surface area contributed by atoms with Crippen LogP contribution in [0.25, 0.3) is 6.08 Å². The highest BCUT2D eigenvalue weighted by Gasteiger charge is 2.09. The molecule has 1 aromatic carbocycles. The van der Waals surface area contributed by atoms with E-state index in [4.69, 9.17) is 10.8 Å². The zero-order chi connectivity index (χ0) is 11.8. The number of rotatable bonds is 6. The topological polar surface area (TPSA) is 63.3 Å². The highest BCUT2D eigenvalue weighted by molar-refractivity contribution is 7.99.